The Morgan fingerprint density at radius 3 is 2.03 bits per heavy atom. The maximum absolute atomic E-state index is 9.80. The summed E-state index contributed by atoms with van der Waals surface area (Å²) < 4.78 is 0. The first kappa shape index (κ1) is 22.8. The summed E-state index contributed by atoms with van der Waals surface area (Å²) in [6.07, 6.45) is 5.98. The molecule has 6 heteroatoms. The van der Waals surface area contributed by atoms with E-state index < -0.39 is 0 Å². The lowest BCUT2D eigenvalue weighted by Gasteiger charge is -2.17. The Balaban J connectivity index is 1.41. The second-order valence-corrected chi connectivity index (χ2v) is 8.35. The molecule has 6 nitrogen and oxygen atoms in total. The molecular weight excluding hydrogens is 410 g/mol. The summed E-state index contributed by atoms with van der Waals surface area (Å²) in [4.78, 5) is 2.39. The molecular formula is C27H31N5O. The van der Waals surface area contributed by atoms with Crippen molar-refractivity contribution in [3.63, 3.8) is 0 Å². The molecule has 3 aromatic carbocycles. The van der Waals surface area contributed by atoms with E-state index in [4.69, 9.17) is 0 Å². The fourth-order valence-electron chi connectivity index (χ4n) is 3.90. The van der Waals surface area contributed by atoms with E-state index >= 15 is 0 Å². The average molecular weight is 442 g/mol. The monoisotopic (exact) mass is 441 g/mol. The number of aliphatic hydroxyl groups is 1. The van der Waals surface area contributed by atoms with Crippen molar-refractivity contribution < 1.29 is 5.11 Å². The van der Waals surface area contributed by atoms with Gasteiger partial charge in [-0.05, 0) is 85.8 Å². The fourth-order valence-corrected chi connectivity index (χ4v) is 3.90. The van der Waals surface area contributed by atoms with Gasteiger partial charge in [0, 0.05) is 24.3 Å². The molecule has 0 bridgehead atoms. The van der Waals surface area contributed by atoms with Crippen LogP contribution < -0.4 is 4.90 Å². The van der Waals surface area contributed by atoms with Crippen LogP contribution in [0, 0.1) is 0 Å². The van der Waals surface area contributed by atoms with Crippen LogP contribution in [0.4, 0.5) is 28.4 Å². The van der Waals surface area contributed by atoms with Crippen LogP contribution in [-0.4, -0.2) is 18.2 Å². The van der Waals surface area contributed by atoms with Gasteiger partial charge in [0.15, 0.2) is 0 Å². The zero-order chi connectivity index (χ0) is 22.9. The smallest absolute Gasteiger partial charge is 0.0913 e. The number of hydrogen-bond acceptors (Lipinski definition) is 6. The first-order chi connectivity index (χ1) is 16.2. The number of azo groups is 2. The molecule has 0 spiro atoms. The Morgan fingerprint density at radius 1 is 0.758 bits per heavy atom. The third kappa shape index (κ3) is 6.33. The van der Waals surface area contributed by atoms with Gasteiger partial charge < -0.3 is 10.0 Å². The van der Waals surface area contributed by atoms with Crippen molar-refractivity contribution in [2.24, 2.45) is 20.5 Å². The summed E-state index contributed by atoms with van der Waals surface area (Å²) in [5.41, 5.74) is 6.10. The number of rotatable bonds is 9. The van der Waals surface area contributed by atoms with Crippen LogP contribution in [-0.2, 0) is 13.0 Å². The maximum atomic E-state index is 9.80. The molecule has 0 unspecified atom stereocenters. The van der Waals surface area contributed by atoms with E-state index in [1.807, 2.05) is 36.4 Å². The molecule has 170 valence electrons. The minimum atomic E-state index is -0.141. The predicted octanol–water partition coefficient (Wildman–Crippen LogP) is 7.95. The summed E-state index contributed by atoms with van der Waals surface area (Å²) in [7, 11) is 0. The highest BCUT2D eigenvalue weighted by atomic mass is 16.3. The molecule has 0 saturated carbocycles. The number of unbranched alkanes of at least 4 members (excludes halogenated alkanes) is 1. The summed E-state index contributed by atoms with van der Waals surface area (Å²) in [5.74, 6) is 0. The van der Waals surface area contributed by atoms with Gasteiger partial charge in [-0.2, -0.15) is 20.5 Å². The molecule has 0 amide bonds. The van der Waals surface area contributed by atoms with E-state index in [-0.39, 0.29) is 6.61 Å². The molecule has 1 heterocycles. The highest BCUT2D eigenvalue weighted by Crippen LogP contribution is 2.29. The number of anilines is 1. The van der Waals surface area contributed by atoms with Crippen LogP contribution in [0.5, 0.6) is 0 Å². The topological polar surface area (TPSA) is 72.9 Å². The minimum absolute atomic E-state index is 0.141. The van der Waals surface area contributed by atoms with Gasteiger partial charge in [0.25, 0.3) is 0 Å². The molecule has 1 aliphatic heterocycles. The van der Waals surface area contributed by atoms with Gasteiger partial charge in [-0.25, -0.2) is 0 Å². The number of benzene rings is 3. The van der Waals surface area contributed by atoms with Gasteiger partial charge in [-0.1, -0.05) is 25.5 Å². The normalized spacial score (nSPS) is 14.1. The van der Waals surface area contributed by atoms with Crippen LogP contribution in [0.15, 0.2) is 87.2 Å². The van der Waals surface area contributed by atoms with E-state index in [0.717, 1.165) is 30.9 Å². The van der Waals surface area contributed by atoms with Crippen LogP contribution in [0.3, 0.4) is 0 Å². The first-order valence-corrected chi connectivity index (χ1v) is 11.8. The van der Waals surface area contributed by atoms with Crippen LogP contribution in [0.2, 0.25) is 0 Å². The van der Waals surface area contributed by atoms with Gasteiger partial charge in [-0.3, -0.25) is 0 Å². The Morgan fingerprint density at radius 2 is 1.36 bits per heavy atom. The Hall–Kier alpha value is -3.38. The Kier molecular flexibility index (Phi) is 7.93. The van der Waals surface area contributed by atoms with E-state index in [2.05, 4.69) is 56.5 Å². The standard InChI is InChI=1S/C27H31N5O/c1-2-3-6-21-7-9-23(10-8-21)29-31-27-16-13-25(19-22(27)20-33)30-28-24-11-14-26(15-12-24)32-17-4-5-18-32/h7-16,19,33H,2-6,17-18,20H2,1H3/b30-28+,31-29+. The van der Waals surface area contributed by atoms with Gasteiger partial charge in [-0.15, -0.1) is 0 Å². The zero-order valence-corrected chi connectivity index (χ0v) is 19.2. The highest BCUT2D eigenvalue weighted by molar-refractivity contribution is 5.56. The Labute approximate surface area is 195 Å². The lowest BCUT2D eigenvalue weighted by atomic mass is 10.1. The molecule has 3 aromatic rings. The predicted molar refractivity (Wildman–Crippen MR) is 134 cm³/mol. The number of aryl methyl sites for hydroxylation is 1. The number of nitrogens with zero attached hydrogens (tertiary/aromatic N) is 5. The van der Waals surface area contributed by atoms with E-state index in [1.54, 1.807) is 6.07 Å². The summed E-state index contributed by atoms with van der Waals surface area (Å²) >= 11 is 0. The van der Waals surface area contributed by atoms with E-state index in [1.165, 1.54) is 36.9 Å². The second kappa shape index (κ2) is 11.5. The van der Waals surface area contributed by atoms with Gasteiger partial charge in [0.1, 0.15) is 0 Å². The molecule has 0 atom stereocenters. The summed E-state index contributed by atoms with van der Waals surface area (Å²) in [6, 6.07) is 21.8. The number of aliphatic hydroxyl groups excluding tert-OH is 1. The molecule has 0 aliphatic carbocycles. The maximum Gasteiger partial charge on any atom is 0.0913 e. The molecule has 0 radical (unpaired) electrons. The third-order valence-electron chi connectivity index (χ3n) is 5.86. The lowest BCUT2D eigenvalue weighted by Crippen LogP contribution is -2.17. The molecule has 33 heavy (non-hydrogen) atoms. The molecule has 1 fully saturated rings. The summed E-state index contributed by atoms with van der Waals surface area (Å²) in [6.45, 7) is 4.30. The van der Waals surface area contributed by atoms with E-state index in [9.17, 15) is 5.11 Å². The largest absolute Gasteiger partial charge is 0.392 e. The van der Waals surface area contributed by atoms with Crippen molar-refractivity contribution in [2.45, 2.75) is 45.6 Å². The van der Waals surface area contributed by atoms with Gasteiger partial charge in [0.2, 0.25) is 0 Å². The molecule has 1 aliphatic rings. The molecule has 1 N–H and O–H groups in total. The Bertz CT molecular complexity index is 1080. The average Bonchev–Trinajstić information content (AvgIpc) is 3.41. The lowest BCUT2D eigenvalue weighted by molar-refractivity contribution is 0.282. The van der Waals surface area contributed by atoms with Gasteiger partial charge in [0.05, 0.1) is 29.4 Å². The summed E-state index contributed by atoms with van der Waals surface area (Å²) in [5, 5.41) is 27.1. The van der Waals surface area contributed by atoms with Crippen LogP contribution >= 0.6 is 0 Å². The van der Waals surface area contributed by atoms with Crippen molar-refractivity contribution in [3.8, 4) is 0 Å². The first-order valence-electron chi connectivity index (χ1n) is 11.8. The molecule has 1 saturated heterocycles. The fraction of sp³-hybridized carbons (Fsp3) is 0.333. The minimum Gasteiger partial charge on any atom is -0.392 e. The SMILES string of the molecule is CCCCc1ccc(/N=N/c2ccc(/N=N/c3ccc(N4CCCC4)cc3)cc2CO)cc1. The third-order valence-corrected chi connectivity index (χ3v) is 5.86. The number of hydrogen-bond donors (Lipinski definition) is 1. The quantitative estimate of drug-likeness (QED) is 0.342. The molecule has 4 rings (SSSR count). The van der Waals surface area contributed by atoms with Crippen molar-refractivity contribution in [2.75, 3.05) is 18.0 Å². The van der Waals surface area contributed by atoms with E-state index in [0.29, 0.717) is 16.9 Å². The zero-order valence-electron chi connectivity index (χ0n) is 19.2. The van der Waals surface area contributed by atoms with Crippen LogP contribution in [0.25, 0.3) is 0 Å². The van der Waals surface area contributed by atoms with Crippen LogP contribution in [0.1, 0.15) is 43.7 Å². The highest BCUT2D eigenvalue weighted by Gasteiger charge is 2.11. The van der Waals surface area contributed by atoms with Crippen molar-refractivity contribution in [3.05, 3.63) is 77.9 Å². The second-order valence-electron chi connectivity index (χ2n) is 8.35. The van der Waals surface area contributed by atoms with Crippen molar-refractivity contribution in [1.29, 1.82) is 0 Å². The van der Waals surface area contributed by atoms with Crippen molar-refractivity contribution in [1.82, 2.24) is 0 Å². The van der Waals surface area contributed by atoms with Crippen molar-refractivity contribution >= 4 is 28.4 Å². The molecule has 0 aromatic heterocycles. The van der Waals surface area contributed by atoms with Gasteiger partial charge >= 0.3 is 0 Å².